The van der Waals surface area contributed by atoms with Gasteiger partial charge in [-0.25, -0.2) is 0 Å². The zero-order chi connectivity index (χ0) is 15.1. The number of hydrogen-bond donors (Lipinski definition) is 1. The Labute approximate surface area is 126 Å². The molecule has 0 atom stereocenters. The highest BCUT2D eigenvalue weighted by Gasteiger charge is 2.11. The van der Waals surface area contributed by atoms with E-state index >= 15 is 0 Å². The molecule has 1 aromatic heterocycles. The lowest BCUT2D eigenvalue weighted by Gasteiger charge is -2.13. The number of nitrogens with zero attached hydrogens (tertiary/aromatic N) is 1. The Bertz CT molecular complexity index is 1050. The van der Waals surface area contributed by atoms with Crippen molar-refractivity contribution in [2.45, 2.75) is 0 Å². The highest BCUT2D eigenvalue weighted by Crippen LogP contribution is 2.25. The highest BCUT2D eigenvalue weighted by atomic mass is 16.3. The summed E-state index contributed by atoms with van der Waals surface area (Å²) in [6, 6.07) is 22.2. The molecule has 0 radical (unpaired) electrons. The van der Waals surface area contributed by atoms with Crippen LogP contribution in [-0.4, -0.2) is 9.67 Å². The maximum absolute atomic E-state index is 12.9. The SMILES string of the molecule is O=c1c2ccccc2c2ccccc2n1-c1ccc(O)cc1. The highest BCUT2D eigenvalue weighted by molar-refractivity contribution is 6.06. The average molecular weight is 287 g/mol. The molecule has 4 aromatic rings. The van der Waals surface area contributed by atoms with Crippen LogP contribution in [0.3, 0.4) is 0 Å². The van der Waals surface area contributed by atoms with Gasteiger partial charge in [-0.05, 0) is 41.8 Å². The van der Waals surface area contributed by atoms with Crippen LogP contribution >= 0.6 is 0 Å². The summed E-state index contributed by atoms with van der Waals surface area (Å²) < 4.78 is 1.69. The van der Waals surface area contributed by atoms with Crippen LogP contribution in [0.1, 0.15) is 0 Å². The van der Waals surface area contributed by atoms with E-state index in [9.17, 15) is 9.90 Å². The van der Waals surface area contributed by atoms with Crippen LogP contribution in [0.15, 0.2) is 77.6 Å². The maximum Gasteiger partial charge on any atom is 0.263 e. The summed E-state index contributed by atoms with van der Waals surface area (Å²) in [5.41, 5.74) is 1.54. The molecule has 0 amide bonds. The normalized spacial score (nSPS) is 11.1. The van der Waals surface area contributed by atoms with Crippen molar-refractivity contribution in [1.82, 2.24) is 4.57 Å². The number of phenols is 1. The molecule has 0 unspecified atom stereocenters. The largest absolute Gasteiger partial charge is 0.508 e. The van der Waals surface area contributed by atoms with E-state index in [0.717, 1.165) is 22.0 Å². The lowest BCUT2D eigenvalue weighted by molar-refractivity contribution is 0.475. The van der Waals surface area contributed by atoms with Gasteiger partial charge in [-0.2, -0.15) is 0 Å². The number of pyridine rings is 1. The Balaban J connectivity index is 2.23. The Morgan fingerprint density at radius 3 is 2.00 bits per heavy atom. The molecule has 3 aromatic carbocycles. The molecule has 1 N–H and O–H groups in total. The standard InChI is InChI=1S/C19H13NO2/c21-14-11-9-13(10-12-14)20-18-8-4-3-6-16(18)15-5-1-2-7-17(15)19(20)22/h1-12,21H. The summed E-state index contributed by atoms with van der Waals surface area (Å²) in [6.07, 6.45) is 0. The first kappa shape index (κ1) is 12.7. The van der Waals surface area contributed by atoms with Crippen molar-refractivity contribution in [3.8, 4) is 11.4 Å². The molecule has 1 heterocycles. The third kappa shape index (κ3) is 1.79. The molecular weight excluding hydrogens is 274 g/mol. The minimum Gasteiger partial charge on any atom is -0.508 e. The van der Waals surface area contributed by atoms with Gasteiger partial charge in [-0.3, -0.25) is 9.36 Å². The van der Waals surface area contributed by atoms with Crippen LogP contribution < -0.4 is 5.56 Å². The van der Waals surface area contributed by atoms with Crippen molar-refractivity contribution in [2.24, 2.45) is 0 Å². The molecule has 3 nitrogen and oxygen atoms in total. The van der Waals surface area contributed by atoms with Crippen LogP contribution in [0.4, 0.5) is 0 Å². The van der Waals surface area contributed by atoms with Crippen molar-refractivity contribution < 1.29 is 5.11 Å². The number of aromatic hydroxyl groups is 1. The minimum atomic E-state index is -0.0556. The predicted molar refractivity (Wildman–Crippen MR) is 88.7 cm³/mol. The first-order valence-corrected chi connectivity index (χ1v) is 7.07. The molecule has 0 bridgehead atoms. The van der Waals surface area contributed by atoms with Gasteiger partial charge < -0.3 is 5.11 Å². The Morgan fingerprint density at radius 2 is 1.27 bits per heavy atom. The van der Waals surface area contributed by atoms with Gasteiger partial charge in [0.2, 0.25) is 0 Å². The third-order valence-corrected chi connectivity index (χ3v) is 3.90. The van der Waals surface area contributed by atoms with Gasteiger partial charge in [0.25, 0.3) is 5.56 Å². The number of hydrogen-bond acceptors (Lipinski definition) is 2. The van der Waals surface area contributed by atoms with Gasteiger partial charge in [0.1, 0.15) is 5.75 Å². The zero-order valence-corrected chi connectivity index (χ0v) is 11.7. The van der Waals surface area contributed by atoms with E-state index in [1.807, 2.05) is 48.5 Å². The van der Waals surface area contributed by atoms with Gasteiger partial charge in [-0.1, -0.05) is 36.4 Å². The second kappa shape index (κ2) is 4.74. The van der Waals surface area contributed by atoms with E-state index in [1.165, 1.54) is 0 Å². The minimum absolute atomic E-state index is 0.0556. The summed E-state index contributed by atoms with van der Waals surface area (Å²) >= 11 is 0. The number of phenolic OH excluding ortho intramolecular Hbond substituents is 1. The van der Waals surface area contributed by atoms with Gasteiger partial charge in [0, 0.05) is 16.5 Å². The van der Waals surface area contributed by atoms with Gasteiger partial charge in [0.05, 0.1) is 5.52 Å². The Kier molecular flexibility index (Phi) is 2.73. The van der Waals surface area contributed by atoms with Gasteiger partial charge in [0.15, 0.2) is 0 Å². The topological polar surface area (TPSA) is 42.2 Å². The fraction of sp³-hybridized carbons (Fsp3) is 0. The van der Waals surface area contributed by atoms with Crippen molar-refractivity contribution in [3.05, 3.63) is 83.2 Å². The van der Waals surface area contributed by atoms with Crippen molar-refractivity contribution in [3.63, 3.8) is 0 Å². The van der Waals surface area contributed by atoms with Crippen molar-refractivity contribution in [2.75, 3.05) is 0 Å². The van der Waals surface area contributed by atoms with E-state index in [0.29, 0.717) is 5.39 Å². The van der Waals surface area contributed by atoms with Crippen LogP contribution in [0.2, 0.25) is 0 Å². The Morgan fingerprint density at radius 1 is 0.682 bits per heavy atom. The van der Waals surface area contributed by atoms with Gasteiger partial charge in [-0.15, -0.1) is 0 Å². The number of aromatic nitrogens is 1. The lowest BCUT2D eigenvalue weighted by Crippen LogP contribution is -2.19. The van der Waals surface area contributed by atoms with Crippen LogP contribution in [0, 0.1) is 0 Å². The van der Waals surface area contributed by atoms with Gasteiger partial charge >= 0.3 is 0 Å². The molecule has 0 spiro atoms. The second-order valence-electron chi connectivity index (χ2n) is 5.22. The maximum atomic E-state index is 12.9. The molecule has 22 heavy (non-hydrogen) atoms. The second-order valence-corrected chi connectivity index (χ2v) is 5.22. The summed E-state index contributed by atoms with van der Waals surface area (Å²) in [5.74, 6) is 0.182. The van der Waals surface area contributed by atoms with Crippen molar-refractivity contribution >= 4 is 21.7 Å². The molecule has 106 valence electrons. The van der Waals surface area contributed by atoms with E-state index < -0.39 is 0 Å². The molecule has 4 rings (SSSR count). The smallest absolute Gasteiger partial charge is 0.263 e. The molecule has 3 heteroatoms. The number of fused-ring (bicyclic) bond motifs is 3. The van der Waals surface area contributed by atoms with E-state index in [-0.39, 0.29) is 11.3 Å². The van der Waals surface area contributed by atoms with Crippen molar-refractivity contribution in [1.29, 1.82) is 0 Å². The van der Waals surface area contributed by atoms with Crippen LogP contribution in [-0.2, 0) is 0 Å². The quantitative estimate of drug-likeness (QED) is 0.540. The Hall–Kier alpha value is -3.07. The van der Waals surface area contributed by atoms with E-state index in [2.05, 4.69) is 0 Å². The summed E-state index contributed by atoms with van der Waals surface area (Å²) in [5, 5.41) is 12.1. The molecule has 0 aliphatic rings. The first-order valence-electron chi connectivity index (χ1n) is 7.07. The molecule has 0 aliphatic carbocycles. The van der Waals surface area contributed by atoms with E-state index in [4.69, 9.17) is 0 Å². The van der Waals surface area contributed by atoms with Crippen LogP contribution in [0.25, 0.3) is 27.4 Å². The zero-order valence-electron chi connectivity index (χ0n) is 11.7. The average Bonchev–Trinajstić information content (AvgIpc) is 2.57. The third-order valence-electron chi connectivity index (χ3n) is 3.90. The first-order chi connectivity index (χ1) is 10.8. The fourth-order valence-corrected chi connectivity index (χ4v) is 2.89. The summed E-state index contributed by atoms with van der Waals surface area (Å²) in [6.45, 7) is 0. The molecule has 0 fully saturated rings. The number of para-hydroxylation sites is 1. The monoisotopic (exact) mass is 287 g/mol. The van der Waals surface area contributed by atoms with Crippen LogP contribution in [0.5, 0.6) is 5.75 Å². The fourth-order valence-electron chi connectivity index (χ4n) is 2.89. The molecule has 0 aliphatic heterocycles. The molecule has 0 saturated carbocycles. The number of rotatable bonds is 1. The van der Waals surface area contributed by atoms with E-state index in [1.54, 1.807) is 28.8 Å². The molecular formula is C19H13NO2. The summed E-state index contributed by atoms with van der Waals surface area (Å²) in [7, 11) is 0. The number of benzene rings is 3. The summed E-state index contributed by atoms with van der Waals surface area (Å²) in [4.78, 5) is 12.9. The molecule has 0 saturated heterocycles. The lowest BCUT2D eigenvalue weighted by atomic mass is 10.1. The predicted octanol–water partition coefficient (Wildman–Crippen LogP) is 3.85.